The van der Waals surface area contributed by atoms with Crippen LogP contribution in [-0.2, 0) is 0 Å². The number of nitrogens with two attached hydrogens (primary N) is 1. The number of amides is 1. The fourth-order valence-electron chi connectivity index (χ4n) is 3.44. The van der Waals surface area contributed by atoms with Crippen molar-refractivity contribution in [1.29, 1.82) is 0 Å². The minimum atomic E-state index is -0.00393. The van der Waals surface area contributed by atoms with Crippen LogP contribution in [0.3, 0.4) is 0 Å². The van der Waals surface area contributed by atoms with Crippen molar-refractivity contribution in [2.45, 2.75) is 32.7 Å². The number of aromatic nitrogens is 2. The van der Waals surface area contributed by atoms with E-state index in [0.717, 1.165) is 44.8 Å². The molecule has 0 aliphatic carbocycles. The summed E-state index contributed by atoms with van der Waals surface area (Å²) in [6.45, 7) is 7.72. The van der Waals surface area contributed by atoms with Crippen molar-refractivity contribution >= 4 is 24.1 Å². The zero-order valence-electron chi connectivity index (χ0n) is 13.8. The number of rotatable bonds is 3. The summed E-state index contributed by atoms with van der Waals surface area (Å²) in [5.41, 5.74) is 6.69. The highest BCUT2D eigenvalue weighted by Gasteiger charge is 2.33. The summed E-state index contributed by atoms with van der Waals surface area (Å²) in [7, 11) is 0. The monoisotopic (exact) mass is 339 g/mol. The first kappa shape index (κ1) is 17.9. The van der Waals surface area contributed by atoms with Crippen molar-refractivity contribution in [3.63, 3.8) is 0 Å². The molecule has 1 aromatic rings. The molecular weight excluding hydrogens is 314 g/mol. The molecule has 2 fully saturated rings. The number of carbonyl (C=O) groups excluding carboxylic acids is 1. The molecule has 0 spiro atoms. The Bertz CT molecular complexity index is 547. The second-order valence-corrected chi connectivity index (χ2v) is 6.74. The molecule has 2 aliphatic heterocycles. The molecule has 0 bridgehead atoms. The lowest BCUT2D eigenvalue weighted by atomic mass is 9.92. The molecule has 7 heteroatoms. The predicted octanol–water partition coefficient (Wildman–Crippen LogP) is 1.55. The topological polar surface area (TPSA) is 75.4 Å². The summed E-state index contributed by atoms with van der Waals surface area (Å²) < 4.78 is 0. The Labute approximate surface area is 143 Å². The molecule has 0 saturated carbocycles. The van der Waals surface area contributed by atoms with E-state index in [9.17, 15) is 4.79 Å². The molecule has 3 rings (SSSR count). The third-order valence-electron chi connectivity index (χ3n) is 4.83. The van der Waals surface area contributed by atoms with Crippen LogP contribution in [0, 0.1) is 11.8 Å². The second-order valence-electron chi connectivity index (χ2n) is 6.74. The molecule has 0 unspecified atom stereocenters. The fourth-order valence-corrected chi connectivity index (χ4v) is 3.44. The maximum absolute atomic E-state index is 12.4. The SMILES string of the molecule is CC(C)[C@H]1CN(c2cncc(C(=O)N3CCCC3)n2)C[C@@H]1N.Cl. The summed E-state index contributed by atoms with van der Waals surface area (Å²) in [5.74, 6) is 1.77. The Morgan fingerprint density at radius 2 is 1.96 bits per heavy atom. The maximum atomic E-state index is 12.4. The van der Waals surface area contributed by atoms with Gasteiger partial charge in [0.05, 0.1) is 12.4 Å². The molecule has 2 atom stereocenters. The minimum Gasteiger partial charge on any atom is -0.353 e. The Hall–Kier alpha value is -1.40. The van der Waals surface area contributed by atoms with Crippen LogP contribution in [-0.4, -0.2) is 53.0 Å². The average Bonchev–Trinajstić information content (AvgIpc) is 3.16. The Morgan fingerprint density at radius 1 is 1.26 bits per heavy atom. The zero-order chi connectivity index (χ0) is 15.7. The van der Waals surface area contributed by atoms with Gasteiger partial charge in [0.15, 0.2) is 0 Å². The highest BCUT2D eigenvalue weighted by Crippen LogP contribution is 2.26. The number of halogens is 1. The van der Waals surface area contributed by atoms with Crippen LogP contribution < -0.4 is 10.6 Å². The third kappa shape index (κ3) is 3.75. The number of nitrogens with zero attached hydrogens (tertiary/aromatic N) is 4. The quantitative estimate of drug-likeness (QED) is 0.904. The van der Waals surface area contributed by atoms with E-state index in [1.54, 1.807) is 12.4 Å². The van der Waals surface area contributed by atoms with Gasteiger partial charge >= 0.3 is 0 Å². The van der Waals surface area contributed by atoms with Crippen molar-refractivity contribution in [3.8, 4) is 0 Å². The molecule has 3 heterocycles. The molecule has 2 N–H and O–H groups in total. The molecule has 6 nitrogen and oxygen atoms in total. The molecule has 1 aromatic heterocycles. The van der Waals surface area contributed by atoms with Gasteiger partial charge in [0.25, 0.3) is 5.91 Å². The van der Waals surface area contributed by atoms with E-state index in [4.69, 9.17) is 5.73 Å². The molecule has 2 saturated heterocycles. The van der Waals surface area contributed by atoms with Gasteiger partial charge < -0.3 is 15.5 Å². The van der Waals surface area contributed by atoms with E-state index in [2.05, 4.69) is 28.7 Å². The summed E-state index contributed by atoms with van der Waals surface area (Å²) in [4.78, 5) is 25.2. The van der Waals surface area contributed by atoms with E-state index in [0.29, 0.717) is 17.5 Å². The summed E-state index contributed by atoms with van der Waals surface area (Å²) in [6.07, 6.45) is 5.46. The average molecular weight is 340 g/mol. The summed E-state index contributed by atoms with van der Waals surface area (Å²) in [6, 6.07) is 0.153. The zero-order valence-corrected chi connectivity index (χ0v) is 14.6. The second kappa shape index (κ2) is 7.45. The van der Waals surface area contributed by atoms with Gasteiger partial charge in [-0.05, 0) is 24.7 Å². The van der Waals surface area contributed by atoms with Crippen LogP contribution in [0.4, 0.5) is 5.82 Å². The van der Waals surface area contributed by atoms with Gasteiger partial charge in [0, 0.05) is 32.2 Å². The van der Waals surface area contributed by atoms with Crippen LogP contribution in [0.15, 0.2) is 12.4 Å². The number of carbonyl (C=O) groups is 1. The lowest BCUT2D eigenvalue weighted by Crippen LogP contribution is -2.32. The van der Waals surface area contributed by atoms with Gasteiger partial charge in [0.2, 0.25) is 0 Å². The van der Waals surface area contributed by atoms with Crippen molar-refractivity contribution in [3.05, 3.63) is 18.1 Å². The van der Waals surface area contributed by atoms with Crippen LogP contribution in [0.2, 0.25) is 0 Å². The third-order valence-corrected chi connectivity index (χ3v) is 4.83. The first-order valence-corrected chi connectivity index (χ1v) is 8.18. The molecule has 0 radical (unpaired) electrons. The lowest BCUT2D eigenvalue weighted by Gasteiger charge is -2.20. The number of hydrogen-bond donors (Lipinski definition) is 1. The largest absolute Gasteiger partial charge is 0.353 e. The van der Waals surface area contributed by atoms with Gasteiger partial charge in [-0.2, -0.15) is 0 Å². The standard InChI is InChI=1S/C16H25N5O.ClH/c1-11(2)12-9-21(10-13(12)17)15-8-18-7-14(19-15)16(22)20-5-3-4-6-20;/h7-8,11-13H,3-6,9-10,17H2,1-2H3;1H/t12-,13+;/m1./s1. The van der Waals surface area contributed by atoms with E-state index < -0.39 is 0 Å². The van der Waals surface area contributed by atoms with Gasteiger partial charge in [-0.3, -0.25) is 9.78 Å². The van der Waals surface area contributed by atoms with Crippen molar-refractivity contribution in [2.75, 3.05) is 31.1 Å². The van der Waals surface area contributed by atoms with Crippen LogP contribution >= 0.6 is 12.4 Å². The Balaban J connectivity index is 0.00000192. The number of hydrogen-bond acceptors (Lipinski definition) is 5. The molecule has 23 heavy (non-hydrogen) atoms. The first-order chi connectivity index (χ1) is 10.6. The van der Waals surface area contributed by atoms with Gasteiger partial charge in [-0.25, -0.2) is 4.98 Å². The summed E-state index contributed by atoms with van der Waals surface area (Å²) >= 11 is 0. The lowest BCUT2D eigenvalue weighted by molar-refractivity contribution is 0.0786. The smallest absolute Gasteiger partial charge is 0.274 e. The Kier molecular flexibility index (Phi) is 5.81. The van der Waals surface area contributed by atoms with Gasteiger partial charge in [-0.15, -0.1) is 12.4 Å². The predicted molar refractivity (Wildman–Crippen MR) is 92.9 cm³/mol. The van der Waals surface area contributed by atoms with Crippen molar-refractivity contribution in [1.82, 2.24) is 14.9 Å². The van der Waals surface area contributed by atoms with Crippen LogP contribution in [0.25, 0.3) is 0 Å². The van der Waals surface area contributed by atoms with Gasteiger partial charge in [-0.1, -0.05) is 13.8 Å². The maximum Gasteiger partial charge on any atom is 0.274 e. The highest BCUT2D eigenvalue weighted by molar-refractivity contribution is 5.92. The van der Waals surface area contributed by atoms with E-state index in [1.165, 1.54) is 0 Å². The minimum absolute atomic E-state index is 0. The van der Waals surface area contributed by atoms with Gasteiger partial charge in [0.1, 0.15) is 11.5 Å². The Morgan fingerprint density at radius 3 is 2.57 bits per heavy atom. The van der Waals surface area contributed by atoms with Crippen LogP contribution in [0.5, 0.6) is 0 Å². The van der Waals surface area contributed by atoms with Crippen molar-refractivity contribution in [2.24, 2.45) is 17.6 Å². The van der Waals surface area contributed by atoms with E-state index >= 15 is 0 Å². The normalized spacial score (nSPS) is 24.2. The highest BCUT2D eigenvalue weighted by atomic mass is 35.5. The van der Waals surface area contributed by atoms with Crippen LogP contribution in [0.1, 0.15) is 37.2 Å². The van der Waals surface area contributed by atoms with E-state index in [1.807, 2.05) is 4.90 Å². The molecule has 128 valence electrons. The van der Waals surface area contributed by atoms with Crippen molar-refractivity contribution < 1.29 is 4.79 Å². The molecule has 1 amide bonds. The number of anilines is 1. The van der Waals surface area contributed by atoms with E-state index in [-0.39, 0.29) is 24.4 Å². The fraction of sp³-hybridized carbons (Fsp3) is 0.688. The molecular formula is C16H26ClN5O. The molecule has 2 aliphatic rings. The molecule has 0 aromatic carbocycles. The summed E-state index contributed by atoms with van der Waals surface area (Å²) in [5, 5.41) is 0. The number of likely N-dealkylation sites (tertiary alicyclic amines) is 1. The first-order valence-electron chi connectivity index (χ1n) is 8.18.